The predicted octanol–water partition coefficient (Wildman–Crippen LogP) is 0.851. The van der Waals surface area contributed by atoms with Crippen molar-refractivity contribution in [3.63, 3.8) is 0 Å². The van der Waals surface area contributed by atoms with Crippen molar-refractivity contribution in [1.82, 2.24) is 0 Å². The van der Waals surface area contributed by atoms with Crippen molar-refractivity contribution >= 4 is 0 Å². The summed E-state index contributed by atoms with van der Waals surface area (Å²) in [6.07, 6.45) is 0.924. The highest BCUT2D eigenvalue weighted by atomic mass is 16.3. The van der Waals surface area contributed by atoms with Crippen LogP contribution in [0.4, 0.5) is 0 Å². The molecule has 0 aromatic heterocycles. The van der Waals surface area contributed by atoms with Crippen LogP contribution in [-0.2, 0) is 6.42 Å². The molecule has 1 aromatic carbocycles. The van der Waals surface area contributed by atoms with Gasteiger partial charge in [0.2, 0.25) is 0 Å². The van der Waals surface area contributed by atoms with Crippen LogP contribution in [0.15, 0.2) is 24.3 Å². The quantitative estimate of drug-likeness (QED) is 0.644. The first-order valence-corrected chi connectivity index (χ1v) is 4.27. The van der Waals surface area contributed by atoms with Crippen molar-refractivity contribution in [2.75, 3.05) is 6.61 Å². The summed E-state index contributed by atoms with van der Waals surface area (Å²) in [5.41, 5.74) is 8.44. The van der Waals surface area contributed by atoms with E-state index in [1.165, 1.54) is 11.1 Å². The highest BCUT2D eigenvalue weighted by Gasteiger charge is 2.28. The van der Waals surface area contributed by atoms with Crippen LogP contribution in [0.25, 0.3) is 0 Å². The minimum atomic E-state index is 0.0335. The van der Waals surface area contributed by atoms with E-state index >= 15 is 0 Å². The van der Waals surface area contributed by atoms with Crippen molar-refractivity contribution in [3.8, 4) is 0 Å². The van der Waals surface area contributed by atoms with E-state index < -0.39 is 0 Å². The molecule has 2 heteroatoms. The van der Waals surface area contributed by atoms with Gasteiger partial charge >= 0.3 is 0 Å². The SMILES string of the molecule is N[C@@H]1c2ccccc2C[C@H]1CO. The van der Waals surface area contributed by atoms with E-state index in [2.05, 4.69) is 12.1 Å². The van der Waals surface area contributed by atoms with Crippen molar-refractivity contribution < 1.29 is 5.11 Å². The minimum Gasteiger partial charge on any atom is -0.396 e. The smallest absolute Gasteiger partial charge is 0.0480 e. The van der Waals surface area contributed by atoms with Gasteiger partial charge in [-0.3, -0.25) is 0 Å². The Morgan fingerprint density at radius 1 is 1.42 bits per heavy atom. The molecule has 64 valence electrons. The molecular formula is C10H13NO. The number of benzene rings is 1. The van der Waals surface area contributed by atoms with Gasteiger partial charge in [-0.1, -0.05) is 24.3 Å². The van der Waals surface area contributed by atoms with Gasteiger partial charge in [0.15, 0.2) is 0 Å². The molecule has 1 aliphatic rings. The summed E-state index contributed by atoms with van der Waals surface area (Å²) >= 11 is 0. The molecule has 0 fully saturated rings. The van der Waals surface area contributed by atoms with Gasteiger partial charge in [-0.05, 0) is 17.5 Å². The van der Waals surface area contributed by atoms with Crippen LogP contribution in [0, 0.1) is 5.92 Å². The highest BCUT2D eigenvalue weighted by molar-refractivity contribution is 5.35. The summed E-state index contributed by atoms with van der Waals surface area (Å²) in [6.45, 7) is 0.190. The Kier molecular flexibility index (Phi) is 1.87. The lowest BCUT2D eigenvalue weighted by atomic mass is 10.0. The average Bonchev–Trinajstić information content (AvgIpc) is 2.44. The van der Waals surface area contributed by atoms with Crippen LogP contribution in [0.1, 0.15) is 17.2 Å². The van der Waals surface area contributed by atoms with E-state index in [4.69, 9.17) is 10.8 Å². The van der Waals surface area contributed by atoms with Crippen LogP contribution in [0.5, 0.6) is 0 Å². The molecule has 0 spiro atoms. The molecule has 0 saturated carbocycles. The highest BCUT2D eigenvalue weighted by Crippen LogP contribution is 2.33. The molecule has 1 aliphatic carbocycles. The summed E-state index contributed by atoms with van der Waals surface area (Å²) in [5.74, 6) is 0.224. The van der Waals surface area contributed by atoms with Gasteiger partial charge in [-0.25, -0.2) is 0 Å². The first-order valence-electron chi connectivity index (χ1n) is 4.27. The minimum absolute atomic E-state index is 0.0335. The maximum atomic E-state index is 9.03. The van der Waals surface area contributed by atoms with Gasteiger partial charge in [0.05, 0.1) is 0 Å². The fourth-order valence-electron chi connectivity index (χ4n) is 1.89. The topological polar surface area (TPSA) is 46.2 Å². The molecule has 2 nitrogen and oxygen atoms in total. The van der Waals surface area contributed by atoms with E-state index in [1.807, 2.05) is 12.1 Å². The molecule has 12 heavy (non-hydrogen) atoms. The van der Waals surface area contributed by atoms with E-state index in [1.54, 1.807) is 0 Å². The van der Waals surface area contributed by atoms with Crippen LogP contribution >= 0.6 is 0 Å². The van der Waals surface area contributed by atoms with Crippen molar-refractivity contribution in [3.05, 3.63) is 35.4 Å². The molecule has 0 heterocycles. The van der Waals surface area contributed by atoms with Gasteiger partial charge < -0.3 is 10.8 Å². The lowest BCUT2D eigenvalue weighted by molar-refractivity contribution is 0.214. The predicted molar refractivity (Wildman–Crippen MR) is 47.7 cm³/mol. The van der Waals surface area contributed by atoms with Crippen LogP contribution in [0.3, 0.4) is 0 Å². The Labute approximate surface area is 72.0 Å². The first kappa shape index (κ1) is 7.77. The molecule has 0 radical (unpaired) electrons. The molecule has 2 atom stereocenters. The third kappa shape index (κ3) is 1.04. The number of hydrogen-bond donors (Lipinski definition) is 2. The molecule has 0 bridgehead atoms. The lowest BCUT2D eigenvalue weighted by Gasteiger charge is -2.11. The standard InChI is InChI=1S/C10H13NO/c11-10-8(6-12)5-7-3-1-2-4-9(7)10/h1-4,8,10,12H,5-6,11H2/t8-,10-/m0/s1. The molecule has 2 rings (SSSR count). The summed E-state index contributed by atoms with van der Waals surface area (Å²) in [6, 6.07) is 8.19. The van der Waals surface area contributed by atoms with E-state index in [0.29, 0.717) is 0 Å². The maximum Gasteiger partial charge on any atom is 0.0480 e. The van der Waals surface area contributed by atoms with E-state index in [0.717, 1.165) is 6.42 Å². The zero-order valence-electron chi connectivity index (χ0n) is 6.90. The van der Waals surface area contributed by atoms with Crippen LogP contribution < -0.4 is 5.73 Å². The first-order chi connectivity index (χ1) is 5.83. The second-order valence-electron chi connectivity index (χ2n) is 3.37. The van der Waals surface area contributed by atoms with Crippen LogP contribution in [-0.4, -0.2) is 11.7 Å². The Morgan fingerprint density at radius 3 is 2.83 bits per heavy atom. The summed E-state index contributed by atoms with van der Waals surface area (Å²) < 4.78 is 0. The van der Waals surface area contributed by atoms with Crippen molar-refractivity contribution in [1.29, 1.82) is 0 Å². The maximum absolute atomic E-state index is 9.03. The van der Waals surface area contributed by atoms with Gasteiger partial charge in [0.1, 0.15) is 0 Å². The van der Waals surface area contributed by atoms with Gasteiger partial charge in [-0.15, -0.1) is 0 Å². The molecule has 1 aromatic rings. The molecule has 0 saturated heterocycles. The Hall–Kier alpha value is -0.860. The molecular weight excluding hydrogens is 150 g/mol. The summed E-state index contributed by atoms with van der Waals surface area (Å²) in [7, 11) is 0. The fourth-order valence-corrected chi connectivity index (χ4v) is 1.89. The normalized spacial score (nSPS) is 27.2. The number of fused-ring (bicyclic) bond motifs is 1. The second kappa shape index (κ2) is 2.88. The summed E-state index contributed by atoms with van der Waals surface area (Å²) in [4.78, 5) is 0. The second-order valence-corrected chi connectivity index (χ2v) is 3.37. The molecule has 3 N–H and O–H groups in total. The van der Waals surface area contributed by atoms with Gasteiger partial charge in [0, 0.05) is 18.6 Å². The Morgan fingerprint density at radius 2 is 2.17 bits per heavy atom. The number of rotatable bonds is 1. The molecule has 0 amide bonds. The number of aliphatic hydroxyl groups is 1. The Bertz CT molecular complexity index is 285. The monoisotopic (exact) mass is 163 g/mol. The van der Waals surface area contributed by atoms with E-state index in [-0.39, 0.29) is 18.6 Å². The average molecular weight is 163 g/mol. The Balaban J connectivity index is 2.35. The zero-order chi connectivity index (χ0) is 8.55. The number of hydrogen-bond acceptors (Lipinski definition) is 2. The molecule has 0 aliphatic heterocycles. The van der Waals surface area contributed by atoms with E-state index in [9.17, 15) is 0 Å². The third-order valence-corrected chi connectivity index (χ3v) is 2.64. The largest absolute Gasteiger partial charge is 0.396 e. The van der Waals surface area contributed by atoms with Gasteiger partial charge in [-0.2, -0.15) is 0 Å². The fraction of sp³-hybridized carbons (Fsp3) is 0.400. The van der Waals surface area contributed by atoms with Crippen molar-refractivity contribution in [2.45, 2.75) is 12.5 Å². The third-order valence-electron chi connectivity index (χ3n) is 2.64. The molecule has 0 unspecified atom stereocenters. The number of aliphatic hydroxyl groups excluding tert-OH is 1. The zero-order valence-corrected chi connectivity index (χ0v) is 6.90. The summed E-state index contributed by atoms with van der Waals surface area (Å²) in [5, 5.41) is 9.03. The van der Waals surface area contributed by atoms with Crippen molar-refractivity contribution in [2.24, 2.45) is 11.7 Å². The van der Waals surface area contributed by atoms with Crippen LogP contribution in [0.2, 0.25) is 0 Å². The van der Waals surface area contributed by atoms with Gasteiger partial charge in [0.25, 0.3) is 0 Å². The lowest BCUT2D eigenvalue weighted by Crippen LogP contribution is -2.19. The number of nitrogens with two attached hydrogens (primary N) is 1.